The van der Waals surface area contributed by atoms with E-state index in [9.17, 15) is 19.6 Å². The number of aromatic nitrogens is 1. The van der Waals surface area contributed by atoms with Crippen LogP contribution in [0.25, 0.3) is 17.0 Å². The number of carbonyl (C=O) groups is 3. The van der Waals surface area contributed by atoms with Gasteiger partial charge in [0.2, 0.25) is 0 Å². The van der Waals surface area contributed by atoms with Gasteiger partial charge in [-0.05, 0) is 49.4 Å². The third-order valence-corrected chi connectivity index (χ3v) is 6.31. The van der Waals surface area contributed by atoms with Gasteiger partial charge >= 0.3 is 5.97 Å². The number of amides is 2. The molecule has 4 rings (SSSR count). The number of fused-ring (bicyclic) bond motifs is 1. The van der Waals surface area contributed by atoms with E-state index < -0.39 is 23.2 Å². The van der Waals surface area contributed by atoms with Crippen molar-refractivity contribution in [1.82, 2.24) is 9.47 Å². The Hall–Kier alpha value is -3.83. The Labute approximate surface area is 195 Å². The summed E-state index contributed by atoms with van der Waals surface area (Å²) in [7, 11) is 0. The van der Waals surface area contributed by atoms with Gasteiger partial charge in [-0.3, -0.25) is 14.5 Å². The van der Waals surface area contributed by atoms with Crippen LogP contribution in [0.4, 0.5) is 4.79 Å². The van der Waals surface area contributed by atoms with Gasteiger partial charge in [0.25, 0.3) is 11.1 Å². The molecule has 2 aromatic carbocycles. The van der Waals surface area contributed by atoms with Crippen LogP contribution in [-0.2, 0) is 20.9 Å². The van der Waals surface area contributed by atoms with Crippen LogP contribution in [0.15, 0.2) is 59.6 Å². The summed E-state index contributed by atoms with van der Waals surface area (Å²) in [4.78, 5) is 38.7. The minimum atomic E-state index is -0.993. The molecule has 0 unspecified atom stereocenters. The number of para-hydroxylation sites is 1. The fraction of sp³-hybridized carbons (Fsp3) is 0.200. The van der Waals surface area contributed by atoms with E-state index >= 15 is 0 Å². The second-order valence-corrected chi connectivity index (χ2v) is 8.47. The number of nitriles is 1. The summed E-state index contributed by atoms with van der Waals surface area (Å²) in [5.74, 6) is -1.13. The molecule has 0 radical (unpaired) electrons. The lowest BCUT2D eigenvalue weighted by Crippen LogP contribution is -2.42. The van der Waals surface area contributed by atoms with Crippen molar-refractivity contribution in [1.29, 1.82) is 5.26 Å². The van der Waals surface area contributed by atoms with E-state index in [4.69, 9.17) is 4.74 Å². The number of thioether (sulfide) groups is 1. The first-order valence-corrected chi connectivity index (χ1v) is 11.3. The van der Waals surface area contributed by atoms with Crippen molar-refractivity contribution in [2.24, 2.45) is 0 Å². The number of hydrogen-bond acceptors (Lipinski definition) is 6. The molecule has 0 N–H and O–H groups in total. The molecule has 1 aromatic heterocycles. The SMILES string of the molecule is CCOC(=O)[C@@H](C)N1C(=O)S/C(=C\c2cn(Cc3ccccc3C#N)c3ccccc23)C1=O. The van der Waals surface area contributed by atoms with Crippen LogP contribution >= 0.6 is 11.8 Å². The van der Waals surface area contributed by atoms with E-state index in [1.165, 1.54) is 6.92 Å². The lowest BCUT2D eigenvalue weighted by Gasteiger charge is -2.19. The van der Waals surface area contributed by atoms with Gasteiger partial charge in [0.05, 0.1) is 23.1 Å². The molecule has 7 nitrogen and oxygen atoms in total. The Balaban J connectivity index is 1.70. The molecule has 2 heterocycles. The second kappa shape index (κ2) is 9.35. The molecule has 1 saturated heterocycles. The van der Waals surface area contributed by atoms with Crippen LogP contribution < -0.4 is 0 Å². The number of esters is 1. The molecule has 1 aliphatic heterocycles. The van der Waals surface area contributed by atoms with Crippen molar-refractivity contribution in [3.05, 3.63) is 76.3 Å². The average Bonchev–Trinajstić information content (AvgIpc) is 3.30. The van der Waals surface area contributed by atoms with Gasteiger partial charge in [-0.2, -0.15) is 5.26 Å². The van der Waals surface area contributed by atoms with E-state index in [1.807, 2.05) is 53.2 Å². The molecule has 1 fully saturated rings. The first-order valence-electron chi connectivity index (χ1n) is 10.4. The van der Waals surface area contributed by atoms with Gasteiger partial charge in [0.15, 0.2) is 0 Å². The predicted molar refractivity (Wildman–Crippen MR) is 126 cm³/mol. The third-order valence-electron chi connectivity index (χ3n) is 5.42. The second-order valence-electron chi connectivity index (χ2n) is 7.48. The van der Waals surface area contributed by atoms with Crippen molar-refractivity contribution < 1.29 is 19.1 Å². The molecule has 33 heavy (non-hydrogen) atoms. The highest BCUT2D eigenvalue weighted by Crippen LogP contribution is 2.35. The minimum Gasteiger partial charge on any atom is -0.464 e. The average molecular weight is 460 g/mol. The number of ether oxygens (including phenoxy) is 1. The Morgan fingerprint density at radius 1 is 1.18 bits per heavy atom. The van der Waals surface area contributed by atoms with Crippen molar-refractivity contribution in [2.45, 2.75) is 26.4 Å². The number of imide groups is 1. The zero-order valence-electron chi connectivity index (χ0n) is 18.1. The van der Waals surface area contributed by atoms with E-state index in [-0.39, 0.29) is 11.5 Å². The Morgan fingerprint density at radius 2 is 1.91 bits per heavy atom. The third kappa shape index (κ3) is 4.28. The smallest absolute Gasteiger partial charge is 0.329 e. The molecule has 0 saturated carbocycles. The molecule has 0 aliphatic carbocycles. The normalized spacial score (nSPS) is 15.8. The van der Waals surface area contributed by atoms with Gasteiger partial charge in [-0.15, -0.1) is 0 Å². The molecule has 1 atom stereocenters. The highest BCUT2D eigenvalue weighted by molar-refractivity contribution is 8.18. The monoisotopic (exact) mass is 459 g/mol. The Morgan fingerprint density at radius 3 is 2.67 bits per heavy atom. The quantitative estimate of drug-likeness (QED) is 0.397. The van der Waals surface area contributed by atoms with Gasteiger partial charge in [0.1, 0.15) is 6.04 Å². The Kier molecular flexibility index (Phi) is 6.33. The molecule has 166 valence electrons. The lowest BCUT2D eigenvalue weighted by atomic mass is 10.1. The van der Waals surface area contributed by atoms with Gasteiger partial charge in [-0.1, -0.05) is 36.4 Å². The molecule has 3 aromatic rings. The van der Waals surface area contributed by atoms with E-state index in [1.54, 1.807) is 19.1 Å². The molecule has 8 heteroatoms. The first-order chi connectivity index (χ1) is 15.9. The standard InChI is InChI=1S/C25H21N3O4S/c1-3-32-24(30)16(2)28-23(29)22(33-25(28)31)12-19-15-27(21-11-7-6-10-20(19)21)14-18-9-5-4-8-17(18)13-26/h4-12,15-16H,3,14H2,1-2H3/b22-12-/t16-/m1/s1. The summed E-state index contributed by atoms with van der Waals surface area (Å²) in [6, 6.07) is 16.4. The van der Waals surface area contributed by atoms with Crippen molar-refractivity contribution in [2.75, 3.05) is 6.61 Å². The highest BCUT2D eigenvalue weighted by Gasteiger charge is 2.41. The van der Waals surface area contributed by atoms with Gasteiger partial charge in [-0.25, -0.2) is 4.79 Å². The van der Waals surface area contributed by atoms with E-state index in [0.717, 1.165) is 38.7 Å². The van der Waals surface area contributed by atoms with Crippen LogP contribution in [0.1, 0.15) is 30.5 Å². The summed E-state index contributed by atoms with van der Waals surface area (Å²) in [6.45, 7) is 3.81. The molecule has 0 spiro atoms. The molecule has 0 bridgehead atoms. The zero-order valence-corrected chi connectivity index (χ0v) is 19.0. The predicted octanol–water partition coefficient (Wildman–Crippen LogP) is 4.55. The van der Waals surface area contributed by atoms with Gasteiger partial charge in [0, 0.05) is 29.2 Å². The summed E-state index contributed by atoms with van der Waals surface area (Å²) in [6.07, 6.45) is 3.58. The number of rotatable bonds is 6. The van der Waals surface area contributed by atoms with Crippen LogP contribution in [0.2, 0.25) is 0 Å². The number of carbonyl (C=O) groups excluding carboxylic acids is 3. The largest absolute Gasteiger partial charge is 0.464 e. The van der Waals surface area contributed by atoms with Crippen molar-refractivity contribution in [3.63, 3.8) is 0 Å². The van der Waals surface area contributed by atoms with E-state index in [0.29, 0.717) is 12.1 Å². The molecular weight excluding hydrogens is 438 g/mol. The van der Waals surface area contributed by atoms with Crippen LogP contribution in [0, 0.1) is 11.3 Å². The van der Waals surface area contributed by atoms with Crippen LogP contribution in [-0.4, -0.2) is 39.2 Å². The topological polar surface area (TPSA) is 92.4 Å². The summed E-state index contributed by atoms with van der Waals surface area (Å²) < 4.78 is 6.98. The fourth-order valence-electron chi connectivity index (χ4n) is 3.80. The minimum absolute atomic E-state index is 0.170. The molecule has 2 amide bonds. The summed E-state index contributed by atoms with van der Waals surface area (Å²) >= 11 is 0.807. The van der Waals surface area contributed by atoms with Gasteiger partial charge < -0.3 is 9.30 Å². The summed E-state index contributed by atoms with van der Waals surface area (Å²) in [5.41, 5.74) is 3.20. The number of nitrogens with zero attached hydrogens (tertiary/aromatic N) is 3. The highest BCUT2D eigenvalue weighted by atomic mass is 32.2. The van der Waals surface area contributed by atoms with Crippen LogP contribution in [0.5, 0.6) is 0 Å². The zero-order chi connectivity index (χ0) is 23.5. The summed E-state index contributed by atoms with van der Waals surface area (Å²) in [5, 5.41) is 9.84. The molecule has 1 aliphatic rings. The lowest BCUT2D eigenvalue weighted by molar-refractivity contribution is -0.150. The maximum absolute atomic E-state index is 13.0. The maximum atomic E-state index is 13.0. The fourth-order valence-corrected chi connectivity index (χ4v) is 4.69. The van der Waals surface area contributed by atoms with Crippen molar-refractivity contribution >= 4 is 45.9 Å². The van der Waals surface area contributed by atoms with E-state index in [2.05, 4.69) is 6.07 Å². The number of hydrogen-bond donors (Lipinski definition) is 0. The first kappa shape index (κ1) is 22.4. The maximum Gasteiger partial charge on any atom is 0.329 e. The Bertz CT molecular complexity index is 1330. The van der Waals surface area contributed by atoms with Crippen LogP contribution in [0.3, 0.4) is 0 Å². The molecular formula is C25H21N3O4S. The van der Waals surface area contributed by atoms with Crippen molar-refractivity contribution in [3.8, 4) is 6.07 Å². The number of benzene rings is 2.